The molecule has 0 bridgehead atoms. The van der Waals surface area contributed by atoms with Gasteiger partial charge >= 0.3 is 0 Å². The molecule has 1 heterocycles. The Balaban J connectivity index is 2.55. The summed E-state index contributed by atoms with van der Waals surface area (Å²) in [5.41, 5.74) is 1.11. The van der Waals surface area contributed by atoms with Crippen LogP contribution in [0.5, 0.6) is 0 Å². The second-order valence-electron chi connectivity index (χ2n) is 2.88. The van der Waals surface area contributed by atoms with Gasteiger partial charge in [-0.05, 0) is 25.1 Å². The largest absolute Gasteiger partial charge is 0.241 e. The molecule has 0 aliphatic heterocycles. The van der Waals surface area contributed by atoms with Crippen molar-refractivity contribution in [2.75, 3.05) is 0 Å². The molecule has 0 atom stereocenters. The Labute approximate surface area is 90.2 Å². The number of benzene rings is 1. The van der Waals surface area contributed by atoms with Crippen molar-refractivity contribution in [3.8, 4) is 11.3 Å². The summed E-state index contributed by atoms with van der Waals surface area (Å²) in [5.74, 6) is -0.292. The number of aromatic nitrogens is 1. The molecule has 0 unspecified atom stereocenters. The third-order valence-corrected chi connectivity index (χ3v) is 2.83. The highest BCUT2D eigenvalue weighted by atomic mass is 35.5. The van der Waals surface area contributed by atoms with Crippen molar-refractivity contribution in [1.29, 1.82) is 0 Å². The fourth-order valence-electron chi connectivity index (χ4n) is 1.18. The third-order valence-electron chi connectivity index (χ3n) is 1.82. The number of thiazole rings is 1. The average molecular weight is 228 g/mol. The highest BCUT2D eigenvalue weighted by Gasteiger charge is 2.08. The molecule has 14 heavy (non-hydrogen) atoms. The van der Waals surface area contributed by atoms with Gasteiger partial charge in [0.1, 0.15) is 5.82 Å². The molecule has 0 aliphatic carbocycles. The maximum absolute atomic E-state index is 13.4. The Morgan fingerprint density at radius 2 is 2.21 bits per heavy atom. The Morgan fingerprint density at radius 1 is 1.43 bits per heavy atom. The molecule has 0 radical (unpaired) electrons. The molecule has 2 rings (SSSR count). The quantitative estimate of drug-likeness (QED) is 0.720. The molecule has 1 aromatic carbocycles. The van der Waals surface area contributed by atoms with Gasteiger partial charge in [0.25, 0.3) is 0 Å². The van der Waals surface area contributed by atoms with E-state index in [9.17, 15) is 4.39 Å². The fourth-order valence-corrected chi connectivity index (χ4v) is 1.97. The molecule has 0 saturated heterocycles. The minimum Gasteiger partial charge on any atom is -0.241 e. The molecule has 1 aromatic heterocycles. The van der Waals surface area contributed by atoms with Crippen molar-refractivity contribution in [2.45, 2.75) is 6.92 Å². The van der Waals surface area contributed by atoms with Gasteiger partial charge in [-0.2, -0.15) is 0 Å². The van der Waals surface area contributed by atoms with Gasteiger partial charge in [-0.15, -0.1) is 11.3 Å². The van der Waals surface area contributed by atoms with Crippen molar-refractivity contribution < 1.29 is 4.39 Å². The zero-order chi connectivity index (χ0) is 10.1. The molecular formula is C10H7ClFNS. The van der Waals surface area contributed by atoms with Crippen molar-refractivity contribution in [1.82, 2.24) is 4.98 Å². The van der Waals surface area contributed by atoms with Crippen LogP contribution in [-0.4, -0.2) is 4.98 Å². The van der Waals surface area contributed by atoms with Crippen LogP contribution in [0.15, 0.2) is 23.6 Å². The maximum Gasteiger partial charge on any atom is 0.132 e. The summed E-state index contributed by atoms with van der Waals surface area (Å²) in [5, 5.41) is 3.26. The van der Waals surface area contributed by atoms with E-state index in [0.29, 0.717) is 16.3 Å². The van der Waals surface area contributed by atoms with Gasteiger partial charge in [-0.1, -0.05) is 11.6 Å². The first-order valence-corrected chi connectivity index (χ1v) is 5.30. The fraction of sp³-hybridized carbons (Fsp3) is 0.100. The number of rotatable bonds is 1. The average Bonchev–Trinajstić information content (AvgIpc) is 2.56. The van der Waals surface area contributed by atoms with Gasteiger partial charge in [0.2, 0.25) is 0 Å². The summed E-state index contributed by atoms with van der Waals surface area (Å²) in [4.78, 5) is 4.20. The minimum atomic E-state index is -0.292. The summed E-state index contributed by atoms with van der Waals surface area (Å²) in [7, 11) is 0. The van der Waals surface area contributed by atoms with Crippen LogP contribution >= 0.6 is 22.9 Å². The highest BCUT2D eigenvalue weighted by molar-refractivity contribution is 7.09. The summed E-state index contributed by atoms with van der Waals surface area (Å²) in [6.07, 6.45) is 0. The van der Waals surface area contributed by atoms with Gasteiger partial charge in [-0.3, -0.25) is 0 Å². The number of hydrogen-bond acceptors (Lipinski definition) is 2. The van der Waals surface area contributed by atoms with Crippen LogP contribution in [0.3, 0.4) is 0 Å². The Hall–Kier alpha value is -0.930. The molecule has 0 N–H and O–H groups in total. The topological polar surface area (TPSA) is 12.9 Å². The molecule has 2 aromatic rings. The van der Waals surface area contributed by atoms with Gasteiger partial charge in [0, 0.05) is 16.0 Å². The molecule has 0 fully saturated rings. The molecule has 0 amide bonds. The van der Waals surface area contributed by atoms with Gasteiger partial charge < -0.3 is 0 Å². The maximum atomic E-state index is 13.4. The van der Waals surface area contributed by atoms with Crippen LogP contribution in [0.4, 0.5) is 4.39 Å². The Bertz CT molecular complexity index is 467. The predicted molar refractivity (Wildman–Crippen MR) is 57.3 cm³/mol. The molecule has 0 aliphatic rings. The van der Waals surface area contributed by atoms with Crippen molar-refractivity contribution in [3.05, 3.63) is 39.4 Å². The molecule has 72 valence electrons. The number of nitrogens with zero attached hydrogens (tertiary/aromatic N) is 1. The number of halogens is 2. The van der Waals surface area contributed by atoms with E-state index in [0.717, 1.165) is 5.01 Å². The van der Waals surface area contributed by atoms with Crippen LogP contribution in [0, 0.1) is 12.7 Å². The zero-order valence-electron chi connectivity index (χ0n) is 7.42. The van der Waals surface area contributed by atoms with E-state index in [4.69, 9.17) is 11.6 Å². The second-order valence-corrected chi connectivity index (χ2v) is 4.37. The first kappa shape index (κ1) is 9.62. The van der Waals surface area contributed by atoms with Crippen molar-refractivity contribution >= 4 is 22.9 Å². The normalized spacial score (nSPS) is 10.5. The monoisotopic (exact) mass is 227 g/mol. The van der Waals surface area contributed by atoms with Crippen molar-refractivity contribution in [2.24, 2.45) is 0 Å². The zero-order valence-corrected chi connectivity index (χ0v) is 8.99. The molecule has 4 heteroatoms. The lowest BCUT2D eigenvalue weighted by Crippen LogP contribution is -1.84. The van der Waals surface area contributed by atoms with E-state index in [2.05, 4.69) is 4.98 Å². The summed E-state index contributed by atoms with van der Waals surface area (Å²) in [6.45, 7) is 1.89. The number of hydrogen-bond donors (Lipinski definition) is 0. The Morgan fingerprint density at radius 3 is 2.86 bits per heavy atom. The number of aryl methyl sites for hydroxylation is 1. The third kappa shape index (κ3) is 1.79. The first-order chi connectivity index (χ1) is 6.66. The van der Waals surface area contributed by atoms with Crippen LogP contribution in [0.25, 0.3) is 11.3 Å². The SMILES string of the molecule is Cc1nc(-c2cc(Cl)ccc2F)cs1. The Kier molecular flexibility index (Phi) is 2.52. The van der Waals surface area contributed by atoms with E-state index < -0.39 is 0 Å². The summed E-state index contributed by atoms with van der Waals surface area (Å²) in [6, 6.07) is 4.47. The minimum absolute atomic E-state index is 0.292. The van der Waals surface area contributed by atoms with Crippen LogP contribution in [0.1, 0.15) is 5.01 Å². The van der Waals surface area contributed by atoms with Crippen LogP contribution in [-0.2, 0) is 0 Å². The summed E-state index contributed by atoms with van der Waals surface area (Å²) < 4.78 is 13.4. The molecule has 0 spiro atoms. The second kappa shape index (κ2) is 3.67. The van der Waals surface area contributed by atoms with E-state index in [-0.39, 0.29) is 5.82 Å². The van der Waals surface area contributed by atoms with E-state index in [1.54, 1.807) is 6.07 Å². The van der Waals surface area contributed by atoms with Gasteiger partial charge in [0.05, 0.1) is 10.7 Å². The first-order valence-electron chi connectivity index (χ1n) is 4.04. The van der Waals surface area contributed by atoms with Crippen molar-refractivity contribution in [3.63, 3.8) is 0 Å². The van der Waals surface area contributed by atoms with E-state index in [1.807, 2.05) is 12.3 Å². The molecular weight excluding hydrogens is 221 g/mol. The smallest absolute Gasteiger partial charge is 0.132 e. The summed E-state index contributed by atoms with van der Waals surface area (Å²) >= 11 is 7.28. The standard InChI is InChI=1S/C10H7ClFNS/c1-6-13-10(5-14-6)8-4-7(11)2-3-9(8)12/h2-5H,1H3. The van der Waals surface area contributed by atoms with E-state index in [1.165, 1.54) is 23.5 Å². The lowest BCUT2D eigenvalue weighted by atomic mass is 10.1. The molecule has 0 saturated carbocycles. The van der Waals surface area contributed by atoms with Gasteiger partial charge in [0.15, 0.2) is 0 Å². The predicted octanol–water partition coefficient (Wildman–Crippen LogP) is 3.91. The highest BCUT2D eigenvalue weighted by Crippen LogP contribution is 2.26. The molecule has 1 nitrogen and oxygen atoms in total. The van der Waals surface area contributed by atoms with Crippen LogP contribution < -0.4 is 0 Å². The van der Waals surface area contributed by atoms with Gasteiger partial charge in [-0.25, -0.2) is 9.37 Å². The lowest BCUT2D eigenvalue weighted by molar-refractivity contribution is 0.631. The van der Waals surface area contributed by atoms with E-state index >= 15 is 0 Å². The van der Waals surface area contributed by atoms with Crippen LogP contribution in [0.2, 0.25) is 5.02 Å². The lowest BCUT2D eigenvalue weighted by Gasteiger charge is -1.99.